The van der Waals surface area contributed by atoms with Crippen molar-refractivity contribution in [3.05, 3.63) is 35.9 Å². The molecule has 3 rings (SSSR count). The van der Waals surface area contributed by atoms with Gasteiger partial charge in [-0.25, -0.2) is 4.98 Å². The number of benzene rings is 1. The monoisotopic (exact) mass is 258 g/mol. The molecule has 1 atom stereocenters. The summed E-state index contributed by atoms with van der Waals surface area (Å²) in [5.41, 5.74) is 1.92. The number of amides is 1. The van der Waals surface area contributed by atoms with E-state index in [1.807, 2.05) is 36.1 Å². The fraction of sp³-hybridized carbons (Fsp3) is 0.286. The molecule has 92 valence electrons. The summed E-state index contributed by atoms with van der Waals surface area (Å²) in [7, 11) is 0. The van der Waals surface area contributed by atoms with Crippen LogP contribution in [0, 0.1) is 12.8 Å². The van der Waals surface area contributed by atoms with Gasteiger partial charge in [0.05, 0.1) is 15.2 Å². The smallest absolute Gasteiger partial charge is 0.227 e. The van der Waals surface area contributed by atoms with Gasteiger partial charge in [-0.3, -0.25) is 4.79 Å². The van der Waals surface area contributed by atoms with Gasteiger partial charge in [0, 0.05) is 24.6 Å². The first-order valence-electron chi connectivity index (χ1n) is 5.97. The number of fused-ring (bicyclic) bond motifs is 1. The lowest BCUT2D eigenvalue weighted by Gasteiger charge is -2.15. The topological polar surface area (TPSA) is 33.2 Å². The highest BCUT2D eigenvalue weighted by Crippen LogP contribution is 2.30. The van der Waals surface area contributed by atoms with Crippen molar-refractivity contribution in [3.8, 4) is 0 Å². The van der Waals surface area contributed by atoms with Crippen LogP contribution in [-0.2, 0) is 4.79 Å². The molecule has 1 unspecified atom stereocenters. The van der Waals surface area contributed by atoms with Crippen molar-refractivity contribution in [2.45, 2.75) is 13.3 Å². The highest BCUT2D eigenvalue weighted by atomic mass is 32.1. The van der Waals surface area contributed by atoms with E-state index < -0.39 is 0 Å². The van der Waals surface area contributed by atoms with Crippen LogP contribution in [0.1, 0.15) is 11.4 Å². The van der Waals surface area contributed by atoms with Gasteiger partial charge in [0.15, 0.2) is 0 Å². The summed E-state index contributed by atoms with van der Waals surface area (Å²) in [4.78, 5) is 18.2. The van der Waals surface area contributed by atoms with Crippen LogP contribution in [0.2, 0.25) is 0 Å². The average Bonchev–Trinajstić information content (AvgIpc) is 2.89. The molecule has 3 nitrogen and oxygen atoms in total. The van der Waals surface area contributed by atoms with Gasteiger partial charge in [-0.05, 0) is 25.1 Å². The van der Waals surface area contributed by atoms with Gasteiger partial charge in [-0.1, -0.05) is 6.08 Å². The zero-order valence-electron chi connectivity index (χ0n) is 10.2. The van der Waals surface area contributed by atoms with E-state index in [-0.39, 0.29) is 11.8 Å². The Hall–Kier alpha value is -1.68. The number of anilines is 1. The molecule has 2 aromatic rings. The number of carbonyl (C=O) groups is 1. The number of thiazole rings is 1. The summed E-state index contributed by atoms with van der Waals surface area (Å²) >= 11 is 1.68. The highest BCUT2D eigenvalue weighted by molar-refractivity contribution is 7.18. The Labute approximate surface area is 110 Å². The van der Waals surface area contributed by atoms with Crippen LogP contribution in [0.5, 0.6) is 0 Å². The molecule has 1 aliphatic heterocycles. The minimum absolute atomic E-state index is 0.172. The Morgan fingerprint density at radius 2 is 2.39 bits per heavy atom. The van der Waals surface area contributed by atoms with E-state index in [9.17, 15) is 4.79 Å². The van der Waals surface area contributed by atoms with E-state index >= 15 is 0 Å². The van der Waals surface area contributed by atoms with Gasteiger partial charge in [0.25, 0.3) is 0 Å². The van der Waals surface area contributed by atoms with Crippen molar-refractivity contribution in [1.29, 1.82) is 0 Å². The van der Waals surface area contributed by atoms with Crippen molar-refractivity contribution in [1.82, 2.24) is 4.98 Å². The molecule has 1 aromatic heterocycles. The summed E-state index contributed by atoms with van der Waals surface area (Å²) in [5, 5.41) is 1.05. The zero-order chi connectivity index (χ0) is 12.7. The minimum atomic E-state index is 0.172. The molecule has 1 saturated heterocycles. The van der Waals surface area contributed by atoms with E-state index in [1.54, 1.807) is 11.3 Å². The predicted octanol–water partition coefficient (Wildman–Crippen LogP) is 3.14. The summed E-state index contributed by atoms with van der Waals surface area (Å²) in [5.74, 6) is 0.441. The number of hydrogen-bond donors (Lipinski definition) is 0. The van der Waals surface area contributed by atoms with Crippen molar-refractivity contribution < 1.29 is 4.79 Å². The third-order valence-corrected chi connectivity index (χ3v) is 4.23. The first kappa shape index (κ1) is 11.4. The van der Waals surface area contributed by atoms with Crippen LogP contribution >= 0.6 is 11.3 Å². The predicted molar refractivity (Wildman–Crippen MR) is 75.0 cm³/mol. The van der Waals surface area contributed by atoms with Crippen LogP contribution in [0.3, 0.4) is 0 Å². The standard InChI is InChI=1S/C14H14N2OS/c1-3-10-6-14(17)16(8-10)11-4-5-13-12(7-11)15-9(2)18-13/h3-5,7,10H,1,6,8H2,2H3. The number of hydrogen-bond acceptors (Lipinski definition) is 3. The normalized spacial score (nSPS) is 19.7. The van der Waals surface area contributed by atoms with E-state index in [0.29, 0.717) is 6.42 Å². The number of aromatic nitrogens is 1. The zero-order valence-corrected chi connectivity index (χ0v) is 11.0. The molecule has 4 heteroatoms. The van der Waals surface area contributed by atoms with E-state index in [2.05, 4.69) is 11.6 Å². The van der Waals surface area contributed by atoms with Crippen molar-refractivity contribution in [3.63, 3.8) is 0 Å². The largest absolute Gasteiger partial charge is 0.312 e. The second-order valence-electron chi connectivity index (χ2n) is 4.59. The Bertz CT molecular complexity index is 632. The van der Waals surface area contributed by atoms with Crippen LogP contribution < -0.4 is 4.90 Å². The highest BCUT2D eigenvalue weighted by Gasteiger charge is 2.28. The maximum Gasteiger partial charge on any atom is 0.227 e. The fourth-order valence-corrected chi connectivity index (χ4v) is 3.15. The number of rotatable bonds is 2. The van der Waals surface area contributed by atoms with Gasteiger partial charge in [-0.2, -0.15) is 0 Å². The molecule has 0 radical (unpaired) electrons. The quantitative estimate of drug-likeness (QED) is 0.775. The lowest BCUT2D eigenvalue weighted by atomic mass is 10.1. The lowest BCUT2D eigenvalue weighted by molar-refractivity contribution is -0.117. The first-order valence-corrected chi connectivity index (χ1v) is 6.79. The van der Waals surface area contributed by atoms with E-state index in [1.165, 1.54) is 4.70 Å². The van der Waals surface area contributed by atoms with Gasteiger partial charge in [-0.15, -0.1) is 17.9 Å². The minimum Gasteiger partial charge on any atom is -0.312 e. The number of nitrogens with zero attached hydrogens (tertiary/aromatic N) is 2. The number of carbonyl (C=O) groups excluding carboxylic acids is 1. The Morgan fingerprint density at radius 3 is 3.11 bits per heavy atom. The second-order valence-corrected chi connectivity index (χ2v) is 5.82. The Balaban J connectivity index is 1.99. The molecule has 1 aromatic carbocycles. The Kier molecular flexibility index (Phi) is 2.67. The second kappa shape index (κ2) is 4.21. The van der Waals surface area contributed by atoms with Crippen LogP contribution in [-0.4, -0.2) is 17.4 Å². The molecular weight excluding hydrogens is 244 g/mol. The molecule has 0 aliphatic carbocycles. The number of aryl methyl sites for hydroxylation is 1. The molecule has 0 saturated carbocycles. The summed E-state index contributed by atoms with van der Waals surface area (Å²) in [6, 6.07) is 6.05. The van der Waals surface area contributed by atoms with Gasteiger partial charge in [0.1, 0.15) is 0 Å². The summed E-state index contributed by atoms with van der Waals surface area (Å²) in [6.45, 7) is 6.50. The molecule has 0 spiro atoms. The van der Waals surface area contributed by atoms with Crippen LogP contribution in [0.4, 0.5) is 5.69 Å². The van der Waals surface area contributed by atoms with Crippen LogP contribution in [0.25, 0.3) is 10.2 Å². The fourth-order valence-electron chi connectivity index (χ4n) is 2.34. The molecule has 2 heterocycles. The lowest BCUT2D eigenvalue weighted by Crippen LogP contribution is -2.24. The molecular formula is C14H14N2OS. The molecule has 1 fully saturated rings. The molecule has 1 aliphatic rings. The van der Waals surface area contributed by atoms with Gasteiger partial charge < -0.3 is 4.90 Å². The SMILES string of the molecule is C=CC1CC(=O)N(c2ccc3sc(C)nc3c2)C1. The molecule has 0 N–H and O–H groups in total. The summed E-state index contributed by atoms with van der Waals surface area (Å²) in [6.07, 6.45) is 2.43. The Morgan fingerprint density at radius 1 is 1.56 bits per heavy atom. The third kappa shape index (κ3) is 1.82. The maximum absolute atomic E-state index is 11.9. The van der Waals surface area contributed by atoms with Crippen molar-refractivity contribution in [2.75, 3.05) is 11.4 Å². The molecule has 1 amide bonds. The van der Waals surface area contributed by atoms with E-state index in [0.717, 1.165) is 22.8 Å². The third-order valence-electron chi connectivity index (χ3n) is 3.28. The van der Waals surface area contributed by atoms with Gasteiger partial charge >= 0.3 is 0 Å². The molecule has 0 bridgehead atoms. The maximum atomic E-state index is 11.9. The van der Waals surface area contributed by atoms with Crippen LogP contribution in [0.15, 0.2) is 30.9 Å². The van der Waals surface area contributed by atoms with Gasteiger partial charge in [0.2, 0.25) is 5.91 Å². The summed E-state index contributed by atoms with van der Waals surface area (Å²) < 4.78 is 1.17. The van der Waals surface area contributed by atoms with Crippen molar-refractivity contribution in [2.24, 2.45) is 5.92 Å². The van der Waals surface area contributed by atoms with Crippen molar-refractivity contribution >= 4 is 33.1 Å². The first-order chi connectivity index (χ1) is 8.67. The van der Waals surface area contributed by atoms with E-state index in [4.69, 9.17) is 0 Å². The average molecular weight is 258 g/mol. The molecule has 18 heavy (non-hydrogen) atoms.